The molecule has 0 aliphatic heterocycles. The van der Waals surface area contributed by atoms with Crippen LogP contribution in [0.5, 0.6) is 0 Å². The maximum atomic E-state index is 15.0. The number of rotatable bonds is 16. The molecule has 2 aromatic carbocycles. The standard InChI is InChI=1S/C46H43F5S6/c1-5-9-11-24(7-3)19-27-13-15-31(54-27)35-29-17-18-52-44(29)36(32-16-14-28(55-32)20-25(8-4)12-10-6-2)30-22-34(57-45(30)35)46-43-26(23-53-46)21-33(56-43)37-38(47)40(49)42(51)41(50)39(37)48/h13-18,21-25H,5-12,19-20H2,1-4H3. The Bertz CT molecular complexity index is 2540. The highest BCUT2D eigenvalue weighted by molar-refractivity contribution is 7.31. The predicted octanol–water partition coefficient (Wildman–Crippen LogP) is 18.4. The first-order chi connectivity index (χ1) is 27.6. The highest BCUT2D eigenvalue weighted by Crippen LogP contribution is 2.54. The largest absolute Gasteiger partial charge is 0.203 e. The summed E-state index contributed by atoms with van der Waals surface area (Å²) in [5, 5.41) is 7.24. The van der Waals surface area contributed by atoms with Gasteiger partial charge in [0, 0.05) is 71.3 Å². The molecule has 6 aromatic heterocycles. The Kier molecular flexibility index (Phi) is 12.4. The van der Waals surface area contributed by atoms with Crippen LogP contribution in [0.1, 0.15) is 88.8 Å². The van der Waals surface area contributed by atoms with Gasteiger partial charge in [0.05, 0.1) is 15.1 Å². The highest BCUT2D eigenvalue weighted by Gasteiger charge is 2.29. The van der Waals surface area contributed by atoms with Crippen LogP contribution in [0.4, 0.5) is 22.0 Å². The van der Waals surface area contributed by atoms with Crippen LogP contribution in [-0.2, 0) is 12.8 Å². The first-order valence-corrected chi connectivity index (χ1v) is 24.9. The fraction of sp³-hybridized carbons (Fsp3) is 0.348. The van der Waals surface area contributed by atoms with Crippen molar-refractivity contribution in [3.63, 3.8) is 0 Å². The zero-order valence-corrected chi connectivity index (χ0v) is 37.2. The molecule has 0 saturated heterocycles. The Morgan fingerprint density at radius 3 is 1.65 bits per heavy atom. The lowest BCUT2D eigenvalue weighted by molar-refractivity contribution is 0.381. The van der Waals surface area contributed by atoms with Crippen molar-refractivity contribution in [1.82, 2.24) is 0 Å². The second-order valence-corrected chi connectivity index (χ2v) is 21.2. The maximum Gasteiger partial charge on any atom is 0.200 e. The first kappa shape index (κ1) is 40.8. The molecule has 0 bridgehead atoms. The van der Waals surface area contributed by atoms with Crippen LogP contribution in [0.25, 0.3) is 71.3 Å². The minimum absolute atomic E-state index is 0.00993. The van der Waals surface area contributed by atoms with Crippen molar-refractivity contribution in [1.29, 1.82) is 0 Å². The van der Waals surface area contributed by atoms with Crippen molar-refractivity contribution >= 4 is 98.3 Å². The van der Waals surface area contributed by atoms with E-state index in [1.165, 1.54) is 108 Å². The van der Waals surface area contributed by atoms with Gasteiger partial charge in [-0.05, 0) is 72.5 Å². The number of halogens is 5. The SMILES string of the molecule is CCCCC(CC)Cc1ccc(-c2c3cc(-c4scc5cc(-c6c(F)c(F)c(F)c(F)c6F)sc45)sc3c(-c3ccc(CC(CC)CCCC)s3)c3ccsc23)s1. The van der Waals surface area contributed by atoms with Gasteiger partial charge < -0.3 is 0 Å². The van der Waals surface area contributed by atoms with Crippen molar-refractivity contribution in [3.05, 3.63) is 92.1 Å². The maximum absolute atomic E-state index is 15.0. The average Bonchev–Trinajstić information content (AvgIpc) is 4.07. The fourth-order valence-electron chi connectivity index (χ4n) is 7.97. The second kappa shape index (κ2) is 17.3. The molecule has 2 unspecified atom stereocenters. The van der Waals surface area contributed by atoms with Crippen molar-refractivity contribution < 1.29 is 22.0 Å². The first-order valence-electron chi connectivity index (χ1n) is 19.8. The van der Waals surface area contributed by atoms with E-state index in [1.807, 2.05) is 28.1 Å². The van der Waals surface area contributed by atoms with Crippen LogP contribution in [0.15, 0.2) is 53.2 Å². The van der Waals surface area contributed by atoms with Crippen LogP contribution in [-0.4, -0.2) is 0 Å². The van der Waals surface area contributed by atoms with Gasteiger partial charge in [0.15, 0.2) is 23.3 Å². The van der Waals surface area contributed by atoms with Gasteiger partial charge in [0.25, 0.3) is 0 Å². The molecule has 2 atom stereocenters. The molecule has 57 heavy (non-hydrogen) atoms. The summed E-state index contributed by atoms with van der Waals surface area (Å²) in [6, 6.07) is 15.3. The number of fused-ring (bicyclic) bond motifs is 3. The lowest BCUT2D eigenvalue weighted by Crippen LogP contribution is -2.03. The highest BCUT2D eigenvalue weighted by atomic mass is 32.1. The molecule has 0 N–H and O–H groups in total. The third kappa shape index (κ3) is 7.70. The molecule has 0 radical (unpaired) electrons. The molecule has 8 aromatic rings. The molecule has 11 heteroatoms. The summed E-state index contributed by atoms with van der Waals surface area (Å²) in [6.45, 7) is 9.10. The van der Waals surface area contributed by atoms with Crippen LogP contribution in [0.2, 0.25) is 0 Å². The van der Waals surface area contributed by atoms with Gasteiger partial charge in [-0.25, -0.2) is 22.0 Å². The van der Waals surface area contributed by atoms with Gasteiger partial charge in [-0.3, -0.25) is 0 Å². The van der Waals surface area contributed by atoms with Crippen LogP contribution in [0, 0.1) is 40.9 Å². The van der Waals surface area contributed by atoms with Crippen molar-refractivity contribution in [2.45, 2.75) is 91.9 Å². The van der Waals surface area contributed by atoms with Crippen LogP contribution < -0.4 is 0 Å². The topological polar surface area (TPSA) is 0 Å². The molecule has 0 spiro atoms. The molecule has 6 heterocycles. The molecule has 0 aliphatic rings. The molecule has 0 amide bonds. The monoisotopic (exact) mass is 882 g/mol. The number of thiophene rings is 6. The Balaban J connectivity index is 1.29. The van der Waals surface area contributed by atoms with E-state index in [2.05, 4.69) is 69.5 Å². The zero-order chi connectivity index (χ0) is 40.0. The molecule has 0 saturated carbocycles. The van der Waals surface area contributed by atoms with Gasteiger partial charge in [0.2, 0.25) is 5.82 Å². The van der Waals surface area contributed by atoms with E-state index in [9.17, 15) is 22.0 Å². The summed E-state index contributed by atoms with van der Waals surface area (Å²) >= 11 is 9.89. The molecular formula is C46H43F5S6. The Morgan fingerprint density at radius 2 is 1.07 bits per heavy atom. The molecule has 8 rings (SSSR count). The average molecular weight is 883 g/mol. The van der Waals surface area contributed by atoms with Gasteiger partial charge in [0.1, 0.15) is 0 Å². The number of unbranched alkanes of at least 4 members (excludes halogenated alkanes) is 2. The Morgan fingerprint density at radius 1 is 0.509 bits per heavy atom. The van der Waals surface area contributed by atoms with E-state index in [0.717, 1.165) is 38.6 Å². The summed E-state index contributed by atoms with van der Waals surface area (Å²) in [5.41, 5.74) is 1.59. The van der Waals surface area contributed by atoms with E-state index in [4.69, 9.17) is 0 Å². The summed E-state index contributed by atoms with van der Waals surface area (Å²) in [7, 11) is 0. The summed E-state index contributed by atoms with van der Waals surface area (Å²) in [5.74, 6) is -8.31. The van der Waals surface area contributed by atoms with E-state index >= 15 is 0 Å². The second-order valence-electron chi connectivity index (χ2n) is 14.9. The van der Waals surface area contributed by atoms with Gasteiger partial charge in [-0.1, -0.05) is 79.1 Å². The lowest BCUT2D eigenvalue weighted by atomic mass is 9.95. The van der Waals surface area contributed by atoms with Gasteiger partial charge in [-0.2, -0.15) is 0 Å². The molecular weight excluding hydrogens is 840 g/mol. The lowest BCUT2D eigenvalue weighted by Gasteiger charge is -2.13. The summed E-state index contributed by atoms with van der Waals surface area (Å²) in [4.78, 5) is 7.25. The summed E-state index contributed by atoms with van der Waals surface area (Å²) < 4.78 is 75.7. The minimum Gasteiger partial charge on any atom is -0.203 e. The molecule has 298 valence electrons. The number of benzene rings is 2. The van der Waals surface area contributed by atoms with Crippen molar-refractivity contribution in [2.24, 2.45) is 11.8 Å². The smallest absolute Gasteiger partial charge is 0.200 e. The van der Waals surface area contributed by atoms with Gasteiger partial charge in [-0.15, -0.1) is 68.0 Å². The van der Waals surface area contributed by atoms with E-state index in [0.29, 0.717) is 17.2 Å². The minimum atomic E-state index is -2.15. The zero-order valence-electron chi connectivity index (χ0n) is 32.3. The molecule has 0 fully saturated rings. The van der Waals surface area contributed by atoms with Crippen LogP contribution in [0.3, 0.4) is 0 Å². The van der Waals surface area contributed by atoms with Gasteiger partial charge >= 0.3 is 0 Å². The van der Waals surface area contributed by atoms with Crippen molar-refractivity contribution in [3.8, 4) is 41.1 Å². The third-order valence-corrected chi connectivity index (χ3v) is 18.1. The van der Waals surface area contributed by atoms with E-state index < -0.39 is 34.6 Å². The number of hydrogen-bond acceptors (Lipinski definition) is 6. The molecule has 0 aliphatic carbocycles. The van der Waals surface area contributed by atoms with E-state index in [1.54, 1.807) is 34.0 Å². The Labute approximate surface area is 354 Å². The quantitative estimate of drug-likeness (QED) is 0.0515. The van der Waals surface area contributed by atoms with Crippen LogP contribution >= 0.6 is 68.0 Å². The number of hydrogen-bond donors (Lipinski definition) is 0. The molecule has 0 nitrogen and oxygen atoms in total. The Hall–Kier alpha value is -2.93. The van der Waals surface area contributed by atoms with Crippen molar-refractivity contribution in [2.75, 3.05) is 0 Å². The summed E-state index contributed by atoms with van der Waals surface area (Å²) in [6.07, 6.45) is 11.9. The fourth-order valence-corrected chi connectivity index (χ4v) is 15.3. The normalized spacial score (nSPS) is 13.2. The predicted molar refractivity (Wildman–Crippen MR) is 242 cm³/mol. The third-order valence-electron chi connectivity index (χ3n) is 11.2. The van der Waals surface area contributed by atoms with E-state index in [-0.39, 0.29) is 4.88 Å².